The summed E-state index contributed by atoms with van der Waals surface area (Å²) in [6.45, 7) is 1.88. The topological polar surface area (TPSA) is 548 Å². The van der Waals surface area contributed by atoms with E-state index in [4.69, 9.17) is 11.5 Å². The molecule has 0 spiro atoms. The van der Waals surface area contributed by atoms with Crippen LogP contribution in [0, 0.1) is 5.92 Å². The summed E-state index contributed by atoms with van der Waals surface area (Å²) in [7, 11) is 3.40. The maximum absolute atomic E-state index is 14.7. The lowest BCUT2D eigenvalue weighted by atomic mass is 10.0. The molecular formula is C56H88N18O18S5. The molecule has 14 atom stereocenters. The molecule has 2 bridgehead atoms. The number of hydrogen-bond acceptors (Lipinski definition) is 25. The van der Waals surface area contributed by atoms with Gasteiger partial charge in [0.1, 0.15) is 84.6 Å². The highest BCUT2D eigenvalue weighted by atomic mass is 33.1. The number of amides is 15. The fraction of sp³-hybridized carbons (Fsp3) is 0.679. The van der Waals surface area contributed by atoms with Crippen LogP contribution < -0.4 is 75.3 Å². The first-order valence-electron chi connectivity index (χ1n) is 31.2. The van der Waals surface area contributed by atoms with Gasteiger partial charge in [-0.2, -0.15) is 11.8 Å². The molecule has 41 heteroatoms. The molecule has 5 heterocycles. The zero-order chi connectivity index (χ0) is 71.6. The van der Waals surface area contributed by atoms with Crippen LogP contribution in [0.4, 0.5) is 0 Å². The van der Waals surface area contributed by atoms with E-state index in [9.17, 15) is 87.2 Å². The first kappa shape index (κ1) is 80.5. The van der Waals surface area contributed by atoms with E-state index in [0.29, 0.717) is 17.9 Å². The van der Waals surface area contributed by atoms with Gasteiger partial charge in [0.25, 0.3) is 0 Å². The normalized spacial score (nSPS) is 29.4. The molecular weight excluding hydrogens is 1370 g/mol. The van der Waals surface area contributed by atoms with Crippen molar-refractivity contribution in [2.75, 3.05) is 74.5 Å². The van der Waals surface area contributed by atoms with Crippen molar-refractivity contribution >= 4 is 144 Å². The number of nitrogens with two attached hydrogens (primary N) is 2. The molecule has 4 fully saturated rings. The second-order valence-electron chi connectivity index (χ2n) is 23.4. The zero-order valence-electron chi connectivity index (χ0n) is 54.0. The number of carbonyl (C=O) groups excluding carboxylic acids is 15. The van der Waals surface area contributed by atoms with E-state index in [1.54, 1.807) is 20.1 Å². The van der Waals surface area contributed by atoms with E-state index in [2.05, 4.69) is 73.8 Å². The third kappa shape index (κ3) is 24.1. The van der Waals surface area contributed by atoms with Crippen LogP contribution in [0.3, 0.4) is 0 Å². The zero-order valence-corrected chi connectivity index (χ0v) is 58.1. The van der Waals surface area contributed by atoms with Gasteiger partial charge >= 0.3 is 0 Å². The minimum atomic E-state index is -1.83. The van der Waals surface area contributed by atoms with Crippen molar-refractivity contribution in [3.63, 3.8) is 0 Å². The SMILES string of the molecule is CSCCC[C@@H]1NC(=O)[C@H](C)NC(=O)[C@H](CO)NC(=O)[C@@H]2CSSC[C@H](NC(=O)CN)C(=O)N[C@@H](CSSC[C@@H](C(N)=O)NC(=O)[C@H](C)NC(=O)[C@@H]3CCCN3C(=O)[C@H](CO)NC1=O)C(=O)N[C@@H](CO)C(=O)N[C@@H](Cc1cnc[nH]1)C(=O)N1CCC[C@H]1C(=O)N[C@@H](C(C)C)C(=O)N2. The first-order chi connectivity index (χ1) is 46.2. The first-order valence-corrected chi connectivity index (χ1v) is 37.5. The summed E-state index contributed by atoms with van der Waals surface area (Å²) in [5.41, 5.74) is 11.7. The van der Waals surface area contributed by atoms with Crippen LogP contribution in [-0.2, 0) is 78.3 Å². The lowest BCUT2D eigenvalue weighted by Gasteiger charge is -2.31. The van der Waals surface area contributed by atoms with Gasteiger partial charge in [-0.3, -0.25) is 71.9 Å². The molecule has 0 aromatic carbocycles. The maximum Gasteiger partial charge on any atom is 0.248 e. The van der Waals surface area contributed by atoms with Crippen molar-refractivity contribution in [2.24, 2.45) is 17.4 Å². The van der Waals surface area contributed by atoms with Gasteiger partial charge < -0.3 is 105 Å². The summed E-state index contributed by atoms with van der Waals surface area (Å²) in [6.07, 6.45) is 5.29. The lowest BCUT2D eigenvalue weighted by molar-refractivity contribution is -0.143. The molecule has 4 saturated heterocycles. The quantitative estimate of drug-likeness (QED) is 0.0644. The van der Waals surface area contributed by atoms with Gasteiger partial charge in [-0.15, -0.1) is 0 Å². The van der Waals surface area contributed by atoms with Crippen molar-refractivity contribution < 1.29 is 87.2 Å². The highest BCUT2D eigenvalue weighted by molar-refractivity contribution is 8.77. The predicted molar refractivity (Wildman–Crippen MR) is 358 cm³/mol. The van der Waals surface area contributed by atoms with Crippen molar-refractivity contribution in [2.45, 2.75) is 157 Å². The average molecular weight is 1460 g/mol. The molecule has 0 saturated carbocycles. The molecule has 0 unspecified atom stereocenters. The molecule has 20 N–H and O–H groups in total. The molecule has 4 aliphatic heterocycles. The van der Waals surface area contributed by atoms with E-state index in [-0.39, 0.29) is 63.1 Å². The number of rotatable bonds is 13. The number of carbonyl (C=O) groups is 15. The Balaban J connectivity index is 1.59. The molecule has 5 rings (SSSR count). The Morgan fingerprint density at radius 2 is 1.06 bits per heavy atom. The van der Waals surface area contributed by atoms with E-state index < -0.39 is 217 Å². The molecule has 540 valence electrons. The van der Waals surface area contributed by atoms with Gasteiger partial charge in [0.15, 0.2) is 0 Å². The number of hydrogen-bond donors (Lipinski definition) is 18. The fourth-order valence-electron chi connectivity index (χ4n) is 10.3. The molecule has 4 aliphatic rings. The summed E-state index contributed by atoms with van der Waals surface area (Å²) >= 11 is 1.43. The van der Waals surface area contributed by atoms with Gasteiger partial charge in [-0.05, 0) is 70.3 Å². The van der Waals surface area contributed by atoms with Crippen molar-refractivity contribution in [1.29, 1.82) is 0 Å². The van der Waals surface area contributed by atoms with Crippen molar-refractivity contribution in [3.05, 3.63) is 18.2 Å². The van der Waals surface area contributed by atoms with E-state index >= 15 is 0 Å². The number of fused-ring (bicyclic) bond motifs is 10. The number of aliphatic hydroxyl groups is 3. The van der Waals surface area contributed by atoms with Gasteiger partial charge in [0.05, 0.1) is 32.7 Å². The van der Waals surface area contributed by atoms with Crippen LogP contribution in [0.15, 0.2) is 12.5 Å². The molecule has 0 radical (unpaired) electrons. The largest absolute Gasteiger partial charge is 0.394 e. The predicted octanol–water partition coefficient (Wildman–Crippen LogP) is -8.20. The smallest absolute Gasteiger partial charge is 0.248 e. The molecule has 15 amide bonds. The molecule has 0 aliphatic carbocycles. The van der Waals surface area contributed by atoms with Gasteiger partial charge in [0, 0.05) is 54.4 Å². The Bertz CT molecular complexity index is 2980. The second-order valence-corrected chi connectivity index (χ2v) is 29.5. The number of primary amides is 1. The van der Waals surface area contributed by atoms with Gasteiger partial charge in [-0.1, -0.05) is 57.0 Å². The minimum Gasteiger partial charge on any atom is -0.394 e. The van der Waals surface area contributed by atoms with Gasteiger partial charge in [0.2, 0.25) is 88.6 Å². The van der Waals surface area contributed by atoms with Crippen molar-refractivity contribution in [1.82, 2.24) is 83.6 Å². The van der Waals surface area contributed by atoms with E-state index in [0.717, 1.165) is 48.1 Å². The third-order valence-corrected chi connectivity index (χ3v) is 21.3. The molecule has 1 aromatic heterocycles. The highest BCUT2D eigenvalue weighted by Gasteiger charge is 2.43. The Labute approximate surface area is 578 Å². The fourth-order valence-corrected chi connectivity index (χ4v) is 15.4. The maximum atomic E-state index is 14.7. The van der Waals surface area contributed by atoms with Crippen LogP contribution in [0.25, 0.3) is 0 Å². The number of imidazole rings is 1. The number of aromatic nitrogens is 2. The number of aromatic amines is 1. The van der Waals surface area contributed by atoms with Crippen LogP contribution in [-0.4, -0.2) is 283 Å². The van der Waals surface area contributed by atoms with E-state index in [1.165, 1.54) is 43.0 Å². The van der Waals surface area contributed by atoms with Crippen LogP contribution in [0.5, 0.6) is 0 Å². The van der Waals surface area contributed by atoms with Crippen LogP contribution in [0.1, 0.15) is 71.9 Å². The number of nitrogens with zero attached hydrogens (tertiary/aromatic N) is 3. The molecule has 1 aromatic rings. The average Bonchev–Trinajstić information content (AvgIpc) is 1.76. The van der Waals surface area contributed by atoms with Crippen molar-refractivity contribution in [3.8, 4) is 0 Å². The Hall–Kier alpha value is -7.15. The monoisotopic (exact) mass is 1460 g/mol. The lowest BCUT2D eigenvalue weighted by Crippen LogP contribution is -2.62. The summed E-state index contributed by atoms with van der Waals surface area (Å²) < 4.78 is 0. The Kier molecular flexibility index (Phi) is 33.2. The number of thioether (sulfide) groups is 1. The number of H-pyrrole nitrogens is 1. The third-order valence-electron chi connectivity index (χ3n) is 15.8. The standard InChI is InChI=1S/C56H88N18O18S5/c1-26(2)42-54(90)71-38-24-97-95-22-36(63-41(78)16-57)49(85)70-37(50(86)67-33(19-76)48(84)65-31(15-29-17-59-25-60-29)55(91)73-12-7-11-40(73)53(89)72-42)23-96-94-21-35(43(58)79)69-45(81)28(4)62-52(88)39-10-6-13-74(39)56(92)34(20-77)68-46(82)30(9-8-14-93-5)64-44(80)27(3)61-47(83)32(18-75)66-51(38)87/h17,25-28,30-40,42,75-77H,6-16,18-24,57H2,1-5H3,(H2,58,79)(H,59,60)(H,61,83)(H,62,88)(H,63,78)(H,64,80)(H,65,84)(H,66,87)(H,67,86)(H,68,82)(H,69,81)(H,70,85)(H,71,90)(H,72,89)/t27-,28-,30-,31-,32-,33-,34-,35-,36-,37-,38-,39-,40-,42-/m0/s1. The summed E-state index contributed by atoms with van der Waals surface area (Å²) in [5.74, 6) is -16.1. The highest BCUT2D eigenvalue weighted by Crippen LogP contribution is 2.27. The van der Waals surface area contributed by atoms with Gasteiger partial charge in [-0.25, -0.2) is 4.98 Å². The van der Waals surface area contributed by atoms with E-state index in [1.807, 2.05) is 0 Å². The number of nitrogens with one attached hydrogen (secondary N) is 13. The number of aliphatic hydroxyl groups excluding tert-OH is 3. The molecule has 36 nitrogen and oxygen atoms in total. The summed E-state index contributed by atoms with van der Waals surface area (Å²) in [5, 5.41) is 61.6. The Morgan fingerprint density at radius 1 is 0.588 bits per heavy atom. The second kappa shape index (κ2) is 40.0. The summed E-state index contributed by atoms with van der Waals surface area (Å²) in [6, 6.07) is -21.3. The van der Waals surface area contributed by atoms with Crippen LogP contribution in [0.2, 0.25) is 0 Å². The summed E-state index contributed by atoms with van der Waals surface area (Å²) in [4.78, 5) is 219. The minimum absolute atomic E-state index is 0.0104. The van der Waals surface area contributed by atoms with Crippen LogP contribution >= 0.6 is 54.9 Å². The molecule has 97 heavy (non-hydrogen) atoms. The Morgan fingerprint density at radius 3 is 1.59 bits per heavy atom.